The minimum absolute atomic E-state index is 0.250. The molecule has 0 bridgehead atoms. The maximum absolute atomic E-state index is 14.2. The Morgan fingerprint density at radius 2 is 1.80 bits per heavy atom. The Hall–Kier alpha value is -2.84. The van der Waals surface area contributed by atoms with Gasteiger partial charge in [-0.05, 0) is 29.7 Å². The highest BCUT2D eigenvalue weighted by Gasteiger charge is 2.60. The molecular weight excluding hydrogens is 349 g/mol. The lowest BCUT2D eigenvalue weighted by Gasteiger charge is -2.26. The Kier molecular flexibility index (Phi) is 4.02. The largest absolute Gasteiger partial charge is 0.457 e. The van der Waals surface area contributed by atoms with Crippen LogP contribution in [0.1, 0.15) is 22.2 Å². The van der Waals surface area contributed by atoms with Crippen LogP contribution in [0.2, 0.25) is 0 Å². The van der Waals surface area contributed by atoms with Crippen LogP contribution < -0.4 is 0 Å². The predicted molar refractivity (Wildman–Crippen MR) is 76.2 cm³/mol. The number of aromatic amines is 1. The standard InChI is InChI=1S/C16H10F5NO3/c17-15(18,19)13(11-8-9-4-1-2-5-10(9)22-11)16(20,21)25-14(23)12-6-3-7-24-12/h1-8,13,22H. The van der Waals surface area contributed by atoms with Crippen molar-refractivity contribution >= 4 is 16.9 Å². The number of furan rings is 1. The van der Waals surface area contributed by atoms with Crippen molar-refractivity contribution in [3.8, 4) is 0 Å². The van der Waals surface area contributed by atoms with Gasteiger partial charge in [0.15, 0.2) is 5.92 Å². The second-order valence-corrected chi connectivity index (χ2v) is 5.22. The van der Waals surface area contributed by atoms with Crippen molar-refractivity contribution in [1.82, 2.24) is 4.98 Å². The van der Waals surface area contributed by atoms with Crippen LogP contribution in [-0.2, 0) is 4.74 Å². The number of hydrogen-bond donors (Lipinski definition) is 1. The molecule has 0 aliphatic heterocycles. The quantitative estimate of drug-likeness (QED) is 0.535. The predicted octanol–water partition coefficient (Wildman–Crippen LogP) is 4.86. The van der Waals surface area contributed by atoms with Crippen LogP contribution in [0.5, 0.6) is 0 Å². The first kappa shape index (κ1) is 17.0. The first-order valence-electron chi connectivity index (χ1n) is 6.97. The van der Waals surface area contributed by atoms with E-state index in [0.29, 0.717) is 5.39 Å². The molecular formula is C16H10F5NO3. The molecule has 2 aromatic heterocycles. The molecule has 132 valence electrons. The molecule has 0 radical (unpaired) electrons. The van der Waals surface area contributed by atoms with Crippen molar-refractivity contribution in [2.75, 3.05) is 0 Å². The smallest absolute Gasteiger partial charge is 0.417 e. The van der Waals surface area contributed by atoms with Gasteiger partial charge in [0.1, 0.15) is 0 Å². The third-order valence-corrected chi connectivity index (χ3v) is 3.48. The third-order valence-electron chi connectivity index (χ3n) is 3.48. The molecule has 0 aliphatic rings. The van der Waals surface area contributed by atoms with Gasteiger partial charge in [-0.1, -0.05) is 18.2 Å². The summed E-state index contributed by atoms with van der Waals surface area (Å²) in [5, 5.41) is 0.319. The maximum Gasteiger partial charge on any atom is 0.417 e. The van der Waals surface area contributed by atoms with Crippen molar-refractivity contribution in [3.05, 3.63) is 60.2 Å². The summed E-state index contributed by atoms with van der Waals surface area (Å²) in [4.78, 5) is 13.9. The summed E-state index contributed by atoms with van der Waals surface area (Å²) < 4.78 is 76.7. The van der Waals surface area contributed by atoms with Gasteiger partial charge in [0, 0.05) is 11.2 Å². The number of carbonyl (C=O) groups is 1. The fourth-order valence-electron chi connectivity index (χ4n) is 2.43. The topological polar surface area (TPSA) is 55.2 Å². The number of nitrogens with one attached hydrogen (secondary N) is 1. The average molecular weight is 359 g/mol. The van der Waals surface area contributed by atoms with E-state index in [1.165, 1.54) is 18.2 Å². The molecule has 25 heavy (non-hydrogen) atoms. The highest BCUT2D eigenvalue weighted by atomic mass is 19.4. The number of hydrogen-bond acceptors (Lipinski definition) is 3. The molecule has 0 fully saturated rings. The van der Waals surface area contributed by atoms with Gasteiger partial charge in [0.05, 0.1) is 6.26 Å². The number of esters is 1. The minimum Gasteiger partial charge on any atom is -0.457 e. The normalized spacial score (nSPS) is 13.8. The second-order valence-electron chi connectivity index (χ2n) is 5.22. The van der Waals surface area contributed by atoms with Crippen molar-refractivity contribution in [2.24, 2.45) is 0 Å². The third kappa shape index (κ3) is 3.35. The van der Waals surface area contributed by atoms with Gasteiger partial charge < -0.3 is 14.1 Å². The van der Waals surface area contributed by atoms with Crippen LogP contribution in [-0.4, -0.2) is 23.2 Å². The highest BCUT2D eigenvalue weighted by Crippen LogP contribution is 2.46. The summed E-state index contributed by atoms with van der Waals surface area (Å²) in [5.41, 5.74) is -0.564. The van der Waals surface area contributed by atoms with Crippen molar-refractivity contribution in [1.29, 1.82) is 0 Å². The molecule has 0 saturated heterocycles. The Bertz CT molecular complexity index is 850. The zero-order valence-corrected chi connectivity index (χ0v) is 12.3. The fourth-order valence-corrected chi connectivity index (χ4v) is 2.43. The van der Waals surface area contributed by atoms with Crippen LogP contribution in [0.3, 0.4) is 0 Å². The lowest BCUT2D eigenvalue weighted by atomic mass is 10.0. The van der Waals surface area contributed by atoms with Crippen LogP contribution >= 0.6 is 0 Å². The zero-order chi connectivity index (χ0) is 18.2. The molecule has 3 rings (SSSR count). The van der Waals surface area contributed by atoms with Gasteiger partial charge in [-0.25, -0.2) is 4.79 Å². The van der Waals surface area contributed by atoms with E-state index in [1.54, 1.807) is 12.1 Å². The number of halogens is 5. The lowest BCUT2D eigenvalue weighted by molar-refractivity contribution is -0.287. The van der Waals surface area contributed by atoms with E-state index < -0.39 is 35.6 Å². The van der Waals surface area contributed by atoms with Crippen molar-refractivity contribution in [2.45, 2.75) is 18.2 Å². The first-order chi connectivity index (χ1) is 11.7. The molecule has 0 saturated carbocycles. The van der Waals surface area contributed by atoms with E-state index in [0.717, 1.165) is 18.4 Å². The molecule has 0 spiro atoms. The summed E-state index contributed by atoms with van der Waals surface area (Å²) in [6.45, 7) is 0. The number of para-hydroxylation sites is 1. The van der Waals surface area contributed by atoms with E-state index in [9.17, 15) is 26.7 Å². The van der Waals surface area contributed by atoms with E-state index in [2.05, 4.69) is 14.1 Å². The summed E-state index contributed by atoms with van der Waals surface area (Å²) in [5.74, 6) is -5.68. The summed E-state index contributed by atoms with van der Waals surface area (Å²) >= 11 is 0. The molecule has 2 heterocycles. The van der Waals surface area contributed by atoms with Crippen LogP contribution in [0, 0.1) is 0 Å². The molecule has 0 aliphatic carbocycles. The molecule has 1 aromatic carbocycles. The van der Waals surface area contributed by atoms with Crippen LogP contribution in [0.25, 0.3) is 10.9 Å². The summed E-state index contributed by atoms with van der Waals surface area (Å²) in [6.07, 6.45) is -9.20. The van der Waals surface area contributed by atoms with E-state index in [4.69, 9.17) is 0 Å². The monoisotopic (exact) mass is 359 g/mol. The van der Waals surface area contributed by atoms with Gasteiger partial charge in [-0.15, -0.1) is 0 Å². The highest BCUT2D eigenvalue weighted by molar-refractivity contribution is 5.86. The molecule has 0 amide bonds. The molecule has 9 heteroatoms. The van der Waals surface area contributed by atoms with E-state index >= 15 is 0 Å². The van der Waals surface area contributed by atoms with Gasteiger partial charge in [-0.3, -0.25) is 0 Å². The lowest BCUT2D eigenvalue weighted by Crippen LogP contribution is -2.41. The second kappa shape index (κ2) is 5.91. The van der Waals surface area contributed by atoms with Crippen molar-refractivity contribution < 1.29 is 35.9 Å². The van der Waals surface area contributed by atoms with E-state index in [1.807, 2.05) is 0 Å². The number of fused-ring (bicyclic) bond motifs is 1. The van der Waals surface area contributed by atoms with Gasteiger partial charge in [-0.2, -0.15) is 22.0 Å². The van der Waals surface area contributed by atoms with Crippen LogP contribution in [0.4, 0.5) is 22.0 Å². The fraction of sp³-hybridized carbons (Fsp3) is 0.188. The summed E-state index contributed by atoms with van der Waals surface area (Å²) in [7, 11) is 0. The van der Waals surface area contributed by atoms with Gasteiger partial charge >= 0.3 is 18.3 Å². The van der Waals surface area contributed by atoms with E-state index in [-0.39, 0.29) is 5.52 Å². The average Bonchev–Trinajstić information content (AvgIpc) is 3.13. The number of rotatable bonds is 4. The Morgan fingerprint density at radius 3 is 2.40 bits per heavy atom. The molecule has 1 atom stereocenters. The first-order valence-corrected chi connectivity index (χ1v) is 6.97. The summed E-state index contributed by atoms with van der Waals surface area (Å²) in [6, 6.07) is 9.17. The molecule has 4 nitrogen and oxygen atoms in total. The minimum atomic E-state index is -5.37. The molecule has 1 unspecified atom stereocenters. The number of benzene rings is 1. The Balaban J connectivity index is 1.98. The number of ether oxygens (including phenoxy) is 1. The number of H-pyrrole nitrogens is 1. The molecule has 1 N–H and O–H groups in total. The number of alkyl halides is 5. The number of aromatic nitrogens is 1. The number of carbonyl (C=O) groups excluding carboxylic acids is 1. The Morgan fingerprint density at radius 1 is 1.08 bits per heavy atom. The van der Waals surface area contributed by atoms with Gasteiger partial charge in [0.2, 0.25) is 5.76 Å². The zero-order valence-electron chi connectivity index (χ0n) is 12.3. The van der Waals surface area contributed by atoms with Gasteiger partial charge in [0.25, 0.3) is 0 Å². The SMILES string of the molecule is O=C(OC(F)(F)C(c1cc2ccccc2[nH]1)C(F)(F)F)c1ccco1. The Labute approximate surface area is 137 Å². The van der Waals surface area contributed by atoms with Crippen molar-refractivity contribution in [3.63, 3.8) is 0 Å². The van der Waals surface area contributed by atoms with Crippen LogP contribution in [0.15, 0.2) is 53.1 Å². The molecule has 3 aromatic rings. The maximum atomic E-state index is 14.2.